The van der Waals surface area contributed by atoms with Crippen molar-refractivity contribution < 1.29 is 4.79 Å². The fourth-order valence-electron chi connectivity index (χ4n) is 1.11. The first-order chi connectivity index (χ1) is 9.16. The molecule has 2 aromatic rings. The second-order valence-electron chi connectivity index (χ2n) is 3.32. The molecule has 0 radical (unpaired) electrons. The average molecular weight is 297 g/mol. The van der Waals surface area contributed by atoms with E-state index in [4.69, 9.17) is 11.6 Å². The smallest absolute Gasteiger partial charge is 0.264 e. The molecule has 19 heavy (non-hydrogen) atoms. The highest BCUT2D eigenvalue weighted by Gasteiger charge is 2.10. The minimum Gasteiger partial charge on any atom is -0.369 e. The van der Waals surface area contributed by atoms with Gasteiger partial charge in [-0.25, -0.2) is 10.1 Å². The maximum absolute atomic E-state index is 10.7. The molecular weight excluding hydrogens is 286 g/mol. The molecule has 0 unspecified atom stereocenters. The number of thioether (sulfide) groups is 1. The Morgan fingerprint density at radius 3 is 3.16 bits per heavy atom. The number of nitrogens with one attached hydrogen (secondary N) is 1. The van der Waals surface area contributed by atoms with E-state index in [1.807, 2.05) is 17.5 Å². The predicted octanol–water partition coefficient (Wildman–Crippen LogP) is 0.0768. The summed E-state index contributed by atoms with van der Waals surface area (Å²) in [6, 6.07) is 3.85. The summed E-state index contributed by atoms with van der Waals surface area (Å²) < 4.78 is 1.21. The first-order valence-electron chi connectivity index (χ1n) is 5.11. The van der Waals surface area contributed by atoms with Crippen LogP contribution in [0.5, 0.6) is 0 Å². The second-order valence-corrected chi connectivity index (χ2v) is 5.24. The fourth-order valence-corrected chi connectivity index (χ4v) is 2.29. The highest BCUT2D eigenvalue weighted by atomic mass is 32.2. The van der Waals surface area contributed by atoms with Crippen molar-refractivity contribution in [2.75, 3.05) is 17.0 Å². The number of amides is 1. The van der Waals surface area contributed by atoms with Gasteiger partial charge >= 0.3 is 0 Å². The normalized spacial score (nSPS) is 10.9. The van der Waals surface area contributed by atoms with Gasteiger partial charge in [0, 0.05) is 4.88 Å². The molecule has 0 aromatic carbocycles. The number of nitrogens with zero attached hydrogens (tertiary/aromatic N) is 4. The highest BCUT2D eigenvalue weighted by molar-refractivity contribution is 7.99. The molecular formula is C9H11N7OS2. The van der Waals surface area contributed by atoms with Gasteiger partial charge in [-0.05, 0) is 11.4 Å². The van der Waals surface area contributed by atoms with Crippen molar-refractivity contribution in [2.24, 2.45) is 10.8 Å². The van der Waals surface area contributed by atoms with Gasteiger partial charge < -0.3 is 11.6 Å². The van der Waals surface area contributed by atoms with E-state index in [1.165, 1.54) is 4.68 Å². The van der Waals surface area contributed by atoms with Crippen molar-refractivity contribution >= 4 is 41.2 Å². The van der Waals surface area contributed by atoms with Gasteiger partial charge in [-0.15, -0.1) is 21.5 Å². The van der Waals surface area contributed by atoms with Crippen LogP contribution in [0.2, 0.25) is 0 Å². The molecule has 2 rings (SSSR count). The molecule has 5 N–H and O–H groups in total. The highest BCUT2D eigenvalue weighted by Crippen LogP contribution is 2.15. The number of primary amides is 1. The zero-order valence-corrected chi connectivity index (χ0v) is 11.3. The number of anilines is 1. The standard InChI is InChI=1S/C9H11N7OS2/c10-7(17)5-19-9-15-14-8(16(9)11)13-12-4-6-2-1-3-18-6/h1-4H,5,11H2,(H2,10,17)(H,13,14)/b12-4+. The molecule has 100 valence electrons. The van der Waals surface area contributed by atoms with Gasteiger partial charge in [-0.3, -0.25) is 4.79 Å². The Morgan fingerprint density at radius 2 is 2.47 bits per heavy atom. The molecule has 0 aliphatic heterocycles. The zero-order chi connectivity index (χ0) is 13.7. The molecule has 0 fully saturated rings. The molecule has 0 saturated carbocycles. The number of hydrogen-bond donors (Lipinski definition) is 3. The maximum atomic E-state index is 10.7. The molecule has 0 aliphatic rings. The van der Waals surface area contributed by atoms with E-state index < -0.39 is 5.91 Å². The molecule has 10 heteroatoms. The lowest BCUT2D eigenvalue weighted by Crippen LogP contribution is -2.16. The number of aromatic nitrogens is 3. The van der Waals surface area contributed by atoms with Crippen molar-refractivity contribution in [3.8, 4) is 0 Å². The summed E-state index contributed by atoms with van der Waals surface area (Å²) >= 11 is 2.67. The topological polar surface area (TPSA) is 124 Å². The molecule has 1 amide bonds. The molecule has 0 atom stereocenters. The summed E-state index contributed by atoms with van der Waals surface area (Å²) in [5.74, 6) is 5.66. The van der Waals surface area contributed by atoms with Crippen LogP contribution < -0.4 is 17.0 Å². The van der Waals surface area contributed by atoms with E-state index >= 15 is 0 Å². The van der Waals surface area contributed by atoms with Crippen LogP contribution in [0, 0.1) is 0 Å². The molecule has 0 spiro atoms. The summed E-state index contributed by atoms with van der Waals surface area (Å²) in [5.41, 5.74) is 7.71. The summed E-state index contributed by atoms with van der Waals surface area (Å²) in [6.45, 7) is 0. The Bertz CT molecular complexity index is 577. The van der Waals surface area contributed by atoms with Gasteiger partial charge in [0.05, 0.1) is 12.0 Å². The number of nitrogen functional groups attached to an aromatic ring is 1. The molecule has 2 heterocycles. The van der Waals surface area contributed by atoms with Gasteiger partial charge in [0.25, 0.3) is 5.95 Å². The predicted molar refractivity (Wildman–Crippen MR) is 75.6 cm³/mol. The fraction of sp³-hybridized carbons (Fsp3) is 0.111. The van der Waals surface area contributed by atoms with Gasteiger partial charge in [0.1, 0.15) is 0 Å². The van der Waals surface area contributed by atoms with Gasteiger partial charge in [0.15, 0.2) is 0 Å². The Hall–Kier alpha value is -2.07. The summed E-state index contributed by atoms with van der Waals surface area (Å²) in [4.78, 5) is 11.7. The number of carbonyl (C=O) groups is 1. The van der Waals surface area contributed by atoms with Crippen LogP contribution in [0.4, 0.5) is 5.95 Å². The van der Waals surface area contributed by atoms with Crippen LogP contribution in [-0.4, -0.2) is 32.7 Å². The largest absolute Gasteiger partial charge is 0.369 e. The third-order valence-corrected chi connectivity index (χ3v) is 3.68. The number of nitrogens with two attached hydrogens (primary N) is 2. The third-order valence-electron chi connectivity index (χ3n) is 1.91. The van der Waals surface area contributed by atoms with E-state index in [-0.39, 0.29) is 11.7 Å². The second kappa shape index (κ2) is 6.20. The van der Waals surface area contributed by atoms with Gasteiger partial charge in [-0.1, -0.05) is 17.8 Å². The van der Waals surface area contributed by atoms with Crippen LogP contribution >= 0.6 is 23.1 Å². The quantitative estimate of drug-likeness (QED) is 0.300. The van der Waals surface area contributed by atoms with E-state index in [0.29, 0.717) is 5.16 Å². The Labute approximate surface area is 116 Å². The number of carbonyl (C=O) groups excluding carboxylic acids is 1. The minimum atomic E-state index is -0.446. The maximum Gasteiger partial charge on any atom is 0.264 e. The Morgan fingerprint density at radius 1 is 1.63 bits per heavy atom. The number of hydrogen-bond acceptors (Lipinski definition) is 8. The molecule has 0 saturated heterocycles. The number of hydrazone groups is 1. The molecule has 0 aliphatic carbocycles. The van der Waals surface area contributed by atoms with Crippen molar-refractivity contribution in [3.63, 3.8) is 0 Å². The lowest BCUT2D eigenvalue weighted by atomic mass is 10.5. The first kappa shape index (κ1) is 13.4. The first-order valence-corrected chi connectivity index (χ1v) is 6.97. The van der Waals surface area contributed by atoms with Crippen LogP contribution in [0.1, 0.15) is 4.88 Å². The van der Waals surface area contributed by atoms with E-state index in [0.717, 1.165) is 16.6 Å². The van der Waals surface area contributed by atoms with Crippen molar-refractivity contribution in [3.05, 3.63) is 22.4 Å². The average Bonchev–Trinajstić information content (AvgIpc) is 2.99. The number of thiophene rings is 1. The van der Waals surface area contributed by atoms with Gasteiger partial charge in [-0.2, -0.15) is 5.10 Å². The zero-order valence-electron chi connectivity index (χ0n) is 9.68. The molecule has 0 bridgehead atoms. The molecule has 2 aromatic heterocycles. The van der Waals surface area contributed by atoms with Crippen molar-refractivity contribution in [1.82, 2.24) is 14.9 Å². The lowest BCUT2D eigenvalue weighted by molar-refractivity contribution is -0.115. The summed E-state index contributed by atoms with van der Waals surface area (Å²) in [7, 11) is 0. The van der Waals surface area contributed by atoms with E-state index in [1.54, 1.807) is 17.6 Å². The van der Waals surface area contributed by atoms with Gasteiger partial charge in [0.2, 0.25) is 11.1 Å². The van der Waals surface area contributed by atoms with Crippen molar-refractivity contribution in [2.45, 2.75) is 5.16 Å². The minimum absolute atomic E-state index is 0.0911. The molecule has 8 nitrogen and oxygen atoms in total. The number of rotatable bonds is 6. The van der Waals surface area contributed by atoms with E-state index in [9.17, 15) is 4.79 Å². The Kier molecular flexibility index (Phi) is 4.36. The van der Waals surface area contributed by atoms with Crippen LogP contribution in [0.15, 0.2) is 27.8 Å². The van der Waals surface area contributed by atoms with E-state index in [2.05, 4.69) is 20.7 Å². The summed E-state index contributed by atoms with van der Waals surface area (Å²) in [5, 5.41) is 13.9. The van der Waals surface area contributed by atoms with Crippen LogP contribution in [0.25, 0.3) is 0 Å². The van der Waals surface area contributed by atoms with Crippen LogP contribution in [-0.2, 0) is 4.79 Å². The van der Waals surface area contributed by atoms with Crippen LogP contribution in [0.3, 0.4) is 0 Å². The Balaban J connectivity index is 1.96. The van der Waals surface area contributed by atoms with Crippen molar-refractivity contribution in [1.29, 1.82) is 0 Å². The monoisotopic (exact) mass is 297 g/mol. The third kappa shape index (κ3) is 3.69. The SMILES string of the molecule is NC(=O)CSc1nnc(N/N=C/c2cccs2)n1N. The summed E-state index contributed by atoms with van der Waals surface area (Å²) in [6.07, 6.45) is 1.65. The lowest BCUT2D eigenvalue weighted by Gasteiger charge is -2.00.